The van der Waals surface area contributed by atoms with E-state index in [1.165, 1.54) is 5.56 Å². The molecule has 3 heterocycles. The SMILES string of the molecule is CN(C)C(=O)[C@@H]1CCC2(CCN(Cc3cccnc3)CC2)O1. The Hall–Kier alpha value is -1.46. The number of ether oxygens (including phenoxy) is 1. The average Bonchev–Trinajstić information content (AvgIpc) is 2.94. The lowest BCUT2D eigenvalue weighted by atomic mass is 9.88. The Balaban J connectivity index is 1.53. The summed E-state index contributed by atoms with van der Waals surface area (Å²) in [6, 6.07) is 4.10. The maximum absolute atomic E-state index is 12.1. The van der Waals surface area contributed by atoms with Gasteiger partial charge in [0.15, 0.2) is 0 Å². The highest BCUT2D eigenvalue weighted by Gasteiger charge is 2.44. The molecule has 5 nitrogen and oxygen atoms in total. The minimum atomic E-state index is -0.236. The lowest BCUT2D eigenvalue weighted by molar-refractivity contribution is -0.148. The Morgan fingerprint density at radius 1 is 1.41 bits per heavy atom. The first-order valence-corrected chi connectivity index (χ1v) is 8.08. The monoisotopic (exact) mass is 303 g/mol. The molecule has 0 bridgehead atoms. The van der Waals surface area contributed by atoms with Crippen molar-refractivity contribution < 1.29 is 9.53 Å². The van der Waals surface area contributed by atoms with Gasteiger partial charge in [0.05, 0.1) is 5.60 Å². The van der Waals surface area contributed by atoms with Gasteiger partial charge in [0, 0.05) is 46.1 Å². The summed E-state index contributed by atoms with van der Waals surface area (Å²) >= 11 is 0. The number of amides is 1. The minimum absolute atomic E-state index is 0.0677. The van der Waals surface area contributed by atoms with Gasteiger partial charge in [0.2, 0.25) is 0 Å². The van der Waals surface area contributed by atoms with Gasteiger partial charge in [0.25, 0.3) is 5.91 Å². The third-order valence-corrected chi connectivity index (χ3v) is 4.87. The van der Waals surface area contributed by atoms with Gasteiger partial charge < -0.3 is 9.64 Å². The molecule has 0 unspecified atom stereocenters. The molecule has 2 fully saturated rings. The van der Waals surface area contributed by atoms with Crippen molar-refractivity contribution in [2.24, 2.45) is 0 Å². The molecule has 0 aliphatic carbocycles. The number of piperidine rings is 1. The van der Waals surface area contributed by atoms with Crippen LogP contribution >= 0.6 is 0 Å². The summed E-state index contributed by atoms with van der Waals surface area (Å²) in [6.45, 7) is 3.00. The third kappa shape index (κ3) is 3.31. The lowest BCUT2D eigenvalue weighted by Gasteiger charge is -2.39. The normalized spacial score (nSPS) is 24.5. The molecule has 22 heavy (non-hydrogen) atoms. The first-order chi connectivity index (χ1) is 10.6. The van der Waals surface area contributed by atoms with Gasteiger partial charge in [-0.3, -0.25) is 14.7 Å². The highest BCUT2D eigenvalue weighted by Crippen LogP contribution is 2.39. The van der Waals surface area contributed by atoms with Crippen LogP contribution < -0.4 is 0 Å². The number of nitrogens with zero attached hydrogens (tertiary/aromatic N) is 3. The first kappa shape index (κ1) is 15.4. The van der Waals surface area contributed by atoms with E-state index in [0.29, 0.717) is 0 Å². The van der Waals surface area contributed by atoms with Gasteiger partial charge in [-0.1, -0.05) is 6.07 Å². The summed E-state index contributed by atoms with van der Waals surface area (Å²) in [6.07, 6.45) is 7.41. The number of hydrogen-bond donors (Lipinski definition) is 0. The van der Waals surface area contributed by atoms with Crippen LogP contribution in [0.25, 0.3) is 0 Å². The van der Waals surface area contributed by atoms with Crippen molar-refractivity contribution in [3.05, 3.63) is 30.1 Å². The summed E-state index contributed by atoms with van der Waals surface area (Å²) in [5, 5.41) is 0. The Morgan fingerprint density at radius 3 is 2.82 bits per heavy atom. The second kappa shape index (κ2) is 6.34. The van der Waals surface area contributed by atoms with Crippen LogP contribution in [-0.2, 0) is 16.1 Å². The van der Waals surface area contributed by atoms with E-state index in [0.717, 1.165) is 45.3 Å². The van der Waals surface area contributed by atoms with E-state index in [2.05, 4.69) is 16.0 Å². The van der Waals surface area contributed by atoms with Gasteiger partial charge in [0.1, 0.15) is 6.10 Å². The number of carbonyl (C=O) groups excluding carboxylic acids is 1. The molecule has 1 spiro atoms. The van der Waals surface area contributed by atoms with E-state index in [4.69, 9.17) is 4.74 Å². The van der Waals surface area contributed by atoms with E-state index in [1.807, 2.05) is 18.5 Å². The zero-order valence-corrected chi connectivity index (χ0v) is 13.5. The molecule has 2 saturated heterocycles. The van der Waals surface area contributed by atoms with E-state index in [9.17, 15) is 4.79 Å². The number of likely N-dealkylation sites (tertiary alicyclic amines) is 1. The van der Waals surface area contributed by atoms with Crippen LogP contribution in [-0.4, -0.2) is 59.6 Å². The van der Waals surface area contributed by atoms with E-state index in [1.54, 1.807) is 19.0 Å². The lowest BCUT2D eigenvalue weighted by Crippen LogP contribution is -2.45. The fourth-order valence-electron chi connectivity index (χ4n) is 3.51. The molecule has 3 rings (SSSR count). The topological polar surface area (TPSA) is 45.7 Å². The standard InChI is InChI=1S/C17H25N3O2/c1-19(2)16(21)15-5-6-17(22-15)7-10-20(11-8-17)13-14-4-3-9-18-12-14/h3-4,9,12,15H,5-8,10-11,13H2,1-2H3/t15-/m0/s1. The second-order valence-corrected chi connectivity index (χ2v) is 6.70. The molecule has 1 aromatic heterocycles. The van der Waals surface area contributed by atoms with Gasteiger partial charge in [-0.25, -0.2) is 0 Å². The first-order valence-electron chi connectivity index (χ1n) is 8.08. The molecule has 2 aliphatic rings. The van der Waals surface area contributed by atoms with Crippen LogP contribution in [0.2, 0.25) is 0 Å². The smallest absolute Gasteiger partial charge is 0.251 e. The summed E-state index contributed by atoms with van der Waals surface area (Å²) in [7, 11) is 3.60. The summed E-state index contributed by atoms with van der Waals surface area (Å²) in [4.78, 5) is 20.3. The highest BCUT2D eigenvalue weighted by molar-refractivity contribution is 5.80. The molecule has 120 valence electrons. The van der Waals surface area contributed by atoms with Gasteiger partial charge in [-0.15, -0.1) is 0 Å². The van der Waals surface area contributed by atoms with Crippen molar-refractivity contribution in [3.63, 3.8) is 0 Å². The van der Waals surface area contributed by atoms with E-state index in [-0.39, 0.29) is 17.6 Å². The summed E-state index contributed by atoms with van der Waals surface area (Å²) in [5.41, 5.74) is 1.19. The number of likely N-dealkylation sites (N-methyl/N-ethyl adjacent to an activating group) is 1. The Bertz CT molecular complexity index is 510. The predicted molar refractivity (Wildman–Crippen MR) is 84.3 cm³/mol. The molecule has 5 heteroatoms. The maximum atomic E-state index is 12.1. The van der Waals surface area contributed by atoms with Crippen molar-refractivity contribution in [2.45, 2.75) is 43.9 Å². The van der Waals surface area contributed by atoms with Crippen molar-refractivity contribution in [1.82, 2.24) is 14.8 Å². The fraction of sp³-hybridized carbons (Fsp3) is 0.647. The molecule has 0 N–H and O–H groups in total. The van der Waals surface area contributed by atoms with Crippen molar-refractivity contribution >= 4 is 5.91 Å². The molecule has 2 aliphatic heterocycles. The highest BCUT2D eigenvalue weighted by atomic mass is 16.5. The van der Waals surface area contributed by atoms with Gasteiger partial charge in [-0.05, 0) is 37.3 Å². The molecule has 1 aromatic rings. The largest absolute Gasteiger partial charge is 0.362 e. The minimum Gasteiger partial charge on any atom is -0.362 e. The Labute approximate surface area is 132 Å². The molecular weight excluding hydrogens is 278 g/mol. The zero-order chi connectivity index (χ0) is 15.6. The number of carbonyl (C=O) groups is 1. The van der Waals surface area contributed by atoms with Crippen LogP contribution in [0.4, 0.5) is 0 Å². The average molecular weight is 303 g/mol. The summed E-state index contributed by atoms with van der Waals surface area (Å²) < 4.78 is 6.18. The zero-order valence-electron chi connectivity index (χ0n) is 13.5. The molecule has 1 atom stereocenters. The Morgan fingerprint density at radius 2 is 2.18 bits per heavy atom. The quantitative estimate of drug-likeness (QED) is 0.852. The number of hydrogen-bond acceptors (Lipinski definition) is 4. The van der Waals surface area contributed by atoms with Gasteiger partial charge >= 0.3 is 0 Å². The molecular formula is C17H25N3O2. The van der Waals surface area contributed by atoms with E-state index >= 15 is 0 Å². The van der Waals surface area contributed by atoms with Crippen LogP contribution in [0.5, 0.6) is 0 Å². The van der Waals surface area contributed by atoms with Crippen LogP contribution in [0.3, 0.4) is 0 Å². The van der Waals surface area contributed by atoms with Crippen LogP contribution in [0.15, 0.2) is 24.5 Å². The molecule has 0 radical (unpaired) electrons. The van der Waals surface area contributed by atoms with Gasteiger partial charge in [-0.2, -0.15) is 0 Å². The predicted octanol–water partition coefficient (Wildman–Crippen LogP) is 1.68. The number of aromatic nitrogens is 1. The van der Waals surface area contributed by atoms with E-state index < -0.39 is 0 Å². The van der Waals surface area contributed by atoms with Crippen molar-refractivity contribution in [1.29, 1.82) is 0 Å². The molecule has 1 amide bonds. The van der Waals surface area contributed by atoms with Crippen LogP contribution in [0.1, 0.15) is 31.2 Å². The molecule has 0 saturated carbocycles. The fourth-order valence-corrected chi connectivity index (χ4v) is 3.51. The Kier molecular flexibility index (Phi) is 4.45. The second-order valence-electron chi connectivity index (χ2n) is 6.70. The number of pyridine rings is 1. The molecule has 0 aromatic carbocycles. The van der Waals surface area contributed by atoms with Crippen molar-refractivity contribution in [2.75, 3.05) is 27.2 Å². The number of rotatable bonds is 3. The van der Waals surface area contributed by atoms with Crippen molar-refractivity contribution in [3.8, 4) is 0 Å². The third-order valence-electron chi connectivity index (χ3n) is 4.87. The maximum Gasteiger partial charge on any atom is 0.251 e. The summed E-state index contributed by atoms with van der Waals surface area (Å²) in [5.74, 6) is 0.106. The van der Waals surface area contributed by atoms with Crippen LogP contribution in [0, 0.1) is 0 Å².